The van der Waals surface area contributed by atoms with Gasteiger partial charge in [0.25, 0.3) is 0 Å². The lowest BCUT2D eigenvalue weighted by atomic mass is 10.1. The Labute approximate surface area is 136 Å². The van der Waals surface area contributed by atoms with Crippen molar-refractivity contribution in [1.82, 2.24) is 10.2 Å². The van der Waals surface area contributed by atoms with Gasteiger partial charge in [0, 0.05) is 23.9 Å². The molecule has 1 aromatic heterocycles. The maximum absolute atomic E-state index is 12.5. The molecule has 6 heteroatoms. The first-order valence-electron chi connectivity index (χ1n) is 8.02. The Morgan fingerprint density at radius 2 is 2.32 bits per heavy atom. The van der Waals surface area contributed by atoms with Crippen LogP contribution in [0.5, 0.6) is 0 Å². The Kier molecular flexibility index (Phi) is 6.67. The maximum atomic E-state index is 12.5. The molecule has 0 spiro atoms. The van der Waals surface area contributed by atoms with Crippen molar-refractivity contribution >= 4 is 17.4 Å². The summed E-state index contributed by atoms with van der Waals surface area (Å²) in [4.78, 5) is 15.2. The number of urea groups is 1. The van der Waals surface area contributed by atoms with Gasteiger partial charge >= 0.3 is 6.03 Å². The average Bonchev–Trinajstić information content (AvgIpc) is 3.07. The van der Waals surface area contributed by atoms with E-state index in [4.69, 9.17) is 4.74 Å². The quantitative estimate of drug-likeness (QED) is 0.845. The van der Waals surface area contributed by atoms with Crippen molar-refractivity contribution in [1.29, 1.82) is 0 Å². The number of rotatable bonds is 6. The number of thiophene rings is 1. The highest BCUT2D eigenvalue weighted by atomic mass is 32.1. The van der Waals surface area contributed by atoms with E-state index in [0.29, 0.717) is 26.2 Å². The Hall–Kier alpha value is -1.11. The summed E-state index contributed by atoms with van der Waals surface area (Å²) in [5.41, 5.74) is 0. The SMILES string of the molecule is CCC(CC)NC(=O)N1CCOCC1CC(O)c1cccs1. The fraction of sp³-hybridized carbons (Fsp3) is 0.688. The van der Waals surface area contributed by atoms with E-state index in [2.05, 4.69) is 19.2 Å². The lowest BCUT2D eigenvalue weighted by molar-refractivity contribution is -0.00701. The molecule has 0 bridgehead atoms. The second kappa shape index (κ2) is 8.50. The van der Waals surface area contributed by atoms with Crippen LogP contribution in [0.4, 0.5) is 4.79 Å². The van der Waals surface area contributed by atoms with Crippen LogP contribution in [0, 0.1) is 0 Å². The smallest absolute Gasteiger partial charge is 0.318 e. The van der Waals surface area contributed by atoms with Crippen LogP contribution in [-0.4, -0.2) is 47.9 Å². The first kappa shape index (κ1) is 17.2. The minimum atomic E-state index is -0.546. The van der Waals surface area contributed by atoms with Gasteiger partial charge in [-0.05, 0) is 24.3 Å². The molecule has 2 amide bonds. The molecule has 0 radical (unpaired) electrons. The number of nitrogens with zero attached hydrogens (tertiary/aromatic N) is 1. The molecule has 0 saturated carbocycles. The molecule has 2 N–H and O–H groups in total. The van der Waals surface area contributed by atoms with E-state index >= 15 is 0 Å². The number of aliphatic hydroxyl groups excluding tert-OH is 1. The van der Waals surface area contributed by atoms with E-state index in [-0.39, 0.29) is 18.1 Å². The third-order valence-corrected chi connectivity index (χ3v) is 5.14. The summed E-state index contributed by atoms with van der Waals surface area (Å²) in [6, 6.07) is 3.94. The summed E-state index contributed by atoms with van der Waals surface area (Å²) in [5, 5.41) is 15.4. The number of carbonyl (C=O) groups excluding carboxylic acids is 1. The molecule has 1 aliphatic heterocycles. The number of morpholine rings is 1. The number of amides is 2. The minimum absolute atomic E-state index is 0.0413. The van der Waals surface area contributed by atoms with Gasteiger partial charge < -0.3 is 20.1 Å². The predicted octanol–water partition coefficient (Wildman–Crippen LogP) is 2.77. The minimum Gasteiger partial charge on any atom is -0.387 e. The molecule has 0 aliphatic carbocycles. The lowest BCUT2D eigenvalue weighted by Gasteiger charge is -2.37. The second-order valence-electron chi connectivity index (χ2n) is 5.65. The topological polar surface area (TPSA) is 61.8 Å². The summed E-state index contributed by atoms with van der Waals surface area (Å²) < 4.78 is 5.51. The van der Waals surface area contributed by atoms with E-state index in [1.807, 2.05) is 22.4 Å². The fourth-order valence-corrected chi connectivity index (χ4v) is 3.45. The highest BCUT2D eigenvalue weighted by molar-refractivity contribution is 7.10. The van der Waals surface area contributed by atoms with Gasteiger partial charge in [-0.3, -0.25) is 0 Å². The third kappa shape index (κ3) is 4.44. The third-order valence-electron chi connectivity index (χ3n) is 4.17. The van der Waals surface area contributed by atoms with Gasteiger partial charge in [-0.1, -0.05) is 19.9 Å². The summed E-state index contributed by atoms with van der Waals surface area (Å²) in [5.74, 6) is 0. The number of aliphatic hydroxyl groups is 1. The second-order valence-corrected chi connectivity index (χ2v) is 6.63. The molecule has 22 heavy (non-hydrogen) atoms. The van der Waals surface area contributed by atoms with E-state index in [1.54, 1.807) is 0 Å². The molecule has 0 aromatic carbocycles. The van der Waals surface area contributed by atoms with Gasteiger partial charge in [-0.15, -0.1) is 11.3 Å². The zero-order valence-corrected chi connectivity index (χ0v) is 14.1. The Morgan fingerprint density at radius 1 is 1.55 bits per heavy atom. The van der Waals surface area contributed by atoms with Crippen LogP contribution in [0.25, 0.3) is 0 Å². The molecule has 1 aromatic rings. The summed E-state index contributed by atoms with van der Waals surface area (Å²) >= 11 is 1.54. The predicted molar refractivity (Wildman–Crippen MR) is 88.1 cm³/mol. The van der Waals surface area contributed by atoms with Crippen LogP contribution in [0.3, 0.4) is 0 Å². The van der Waals surface area contributed by atoms with Gasteiger partial charge in [-0.25, -0.2) is 4.79 Å². The molecule has 2 heterocycles. The summed E-state index contributed by atoms with van der Waals surface area (Å²) in [7, 11) is 0. The Balaban J connectivity index is 1.97. The van der Waals surface area contributed by atoms with Gasteiger partial charge in [0.2, 0.25) is 0 Å². The summed E-state index contributed by atoms with van der Waals surface area (Å²) in [6.45, 7) is 5.77. The molecular formula is C16H26N2O3S. The van der Waals surface area contributed by atoms with Crippen molar-refractivity contribution in [3.63, 3.8) is 0 Å². The molecule has 1 saturated heterocycles. The highest BCUT2D eigenvalue weighted by Crippen LogP contribution is 2.26. The number of nitrogens with one attached hydrogen (secondary N) is 1. The largest absolute Gasteiger partial charge is 0.387 e. The van der Waals surface area contributed by atoms with Gasteiger partial charge in [0.1, 0.15) is 0 Å². The lowest BCUT2D eigenvalue weighted by Crippen LogP contribution is -2.54. The Bertz CT molecular complexity index is 448. The molecule has 2 unspecified atom stereocenters. The van der Waals surface area contributed by atoms with Crippen molar-refractivity contribution in [2.24, 2.45) is 0 Å². The van der Waals surface area contributed by atoms with Gasteiger partial charge in [0.05, 0.1) is 25.4 Å². The number of ether oxygens (including phenoxy) is 1. The van der Waals surface area contributed by atoms with Crippen molar-refractivity contribution in [2.75, 3.05) is 19.8 Å². The zero-order valence-electron chi connectivity index (χ0n) is 13.3. The van der Waals surface area contributed by atoms with Crippen LogP contribution in [0.2, 0.25) is 0 Å². The zero-order chi connectivity index (χ0) is 15.9. The van der Waals surface area contributed by atoms with Crippen LogP contribution in [0.1, 0.15) is 44.1 Å². The molecular weight excluding hydrogens is 300 g/mol. The maximum Gasteiger partial charge on any atom is 0.318 e. The van der Waals surface area contributed by atoms with Crippen molar-refractivity contribution in [3.8, 4) is 0 Å². The molecule has 1 fully saturated rings. The highest BCUT2D eigenvalue weighted by Gasteiger charge is 2.30. The molecule has 2 atom stereocenters. The van der Waals surface area contributed by atoms with E-state index in [1.165, 1.54) is 11.3 Å². The first-order valence-corrected chi connectivity index (χ1v) is 8.90. The van der Waals surface area contributed by atoms with E-state index < -0.39 is 6.10 Å². The molecule has 124 valence electrons. The van der Waals surface area contributed by atoms with Gasteiger partial charge in [0.15, 0.2) is 0 Å². The van der Waals surface area contributed by atoms with E-state index in [0.717, 1.165) is 17.7 Å². The molecule has 5 nitrogen and oxygen atoms in total. The Morgan fingerprint density at radius 3 is 2.95 bits per heavy atom. The van der Waals surface area contributed by atoms with E-state index in [9.17, 15) is 9.90 Å². The normalized spacial score (nSPS) is 20.2. The fourth-order valence-electron chi connectivity index (χ4n) is 2.72. The van der Waals surface area contributed by atoms with Crippen LogP contribution < -0.4 is 5.32 Å². The molecule has 2 rings (SSSR count). The van der Waals surface area contributed by atoms with Gasteiger partial charge in [-0.2, -0.15) is 0 Å². The number of hydrogen-bond acceptors (Lipinski definition) is 4. The number of hydrogen-bond donors (Lipinski definition) is 2. The van der Waals surface area contributed by atoms with Crippen LogP contribution in [0.15, 0.2) is 17.5 Å². The number of carbonyl (C=O) groups is 1. The van der Waals surface area contributed by atoms with Crippen LogP contribution in [-0.2, 0) is 4.74 Å². The van der Waals surface area contributed by atoms with Crippen molar-refractivity contribution in [3.05, 3.63) is 22.4 Å². The van der Waals surface area contributed by atoms with Crippen molar-refractivity contribution in [2.45, 2.75) is 51.3 Å². The standard InChI is InChI=1S/C16H26N2O3S/c1-3-12(4-2)17-16(20)18-7-8-21-11-13(18)10-14(19)15-6-5-9-22-15/h5-6,9,12-14,19H,3-4,7-8,10-11H2,1-2H3,(H,17,20). The summed E-state index contributed by atoms with van der Waals surface area (Å²) in [6.07, 6.45) is 1.82. The monoisotopic (exact) mass is 326 g/mol. The van der Waals surface area contributed by atoms with Crippen molar-refractivity contribution < 1.29 is 14.6 Å². The molecule has 1 aliphatic rings. The van der Waals surface area contributed by atoms with Crippen LogP contribution >= 0.6 is 11.3 Å². The average molecular weight is 326 g/mol. The first-order chi connectivity index (χ1) is 10.7.